The average Bonchev–Trinajstić information content (AvgIpc) is 2.62. The van der Waals surface area contributed by atoms with Crippen LogP contribution in [0.1, 0.15) is 46.0 Å². The van der Waals surface area contributed by atoms with Crippen molar-refractivity contribution >= 4 is 20.8 Å². The van der Waals surface area contributed by atoms with E-state index in [-0.39, 0.29) is 6.04 Å². The Bertz CT molecular complexity index is 832. The van der Waals surface area contributed by atoms with Crippen LogP contribution in [0.25, 0.3) is 10.8 Å². The van der Waals surface area contributed by atoms with Crippen LogP contribution >= 0.6 is 0 Å². The molecule has 0 N–H and O–H groups in total. The van der Waals surface area contributed by atoms with Gasteiger partial charge >= 0.3 is 0 Å². The molecule has 4 nitrogen and oxygen atoms in total. The second kappa shape index (κ2) is 7.75. The zero-order chi connectivity index (χ0) is 17.9. The maximum atomic E-state index is 13.3. The molecular weight excluding hydrogens is 334 g/mol. The van der Waals surface area contributed by atoms with E-state index in [0.29, 0.717) is 18.0 Å². The van der Waals surface area contributed by atoms with E-state index in [2.05, 4.69) is 6.92 Å². The van der Waals surface area contributed by atoms with Gasteiger partial charge in [0.25, 0.3) is 0 Å². The molecule has 0 bridgehead atoms. The van der Waals surface area contributed by atoms with E-state index in [1.807, 2.05) is 31.2 Å². The molecule has 25 heavy (non-hydrogen) atoms. The number of fused-ring (bicyclic) bond motifs is 1. The van der Waals surface area contributed by atoms with Crippen molar-refractivity contribution in [3.8, 4) is 5.75 Å². The lowest BCUT2D eigenvalue weighted by molar-refractivity contribution is 0.269. The van der Waals surface area contributed by atoms with Gasteiger partial charge in [0.15, 0.2) is 0 Å². The Labute approximate surface area is 150 Å². The zero-order valence-corrected chi connectivity index (χ0v) is 15.9. The molecule has 0 saturated carbocycles. The Hall–Kier alpha value is -1.59. The molecule has 1 atom stereocenters. The summed E-state index contributed by atoms with van der Waals surface area (Å²) < 4.78 is 34.1. The van der Waals surface area contributed by atoms with Crippen LogP contribution in [-0.2, 0) is 10.0 Å². The molecule has 1 saturated heterocycles. The van der Waals surface area contributed by atoms with Crippen LogP contribution in [0.3, 0.4) is 0 Å². The first kappa shape index (κ1) is 18.2. The molecule has 2 aromatic carbocycles. The quantitative estimate of drug-likeness (QED) is 0.708. The van der Waals surface area contributed by atoms with Crippen LogP contribution in [0.4, 0.5) is 0 Å². The van der Waals surface area contributed by atoms with Crippen molar-refractivity contribution in [3.05, 3.63) is 36.4 Å². The lowest BCUT2D eigenvalue weighted by Gasteiger charge is -2.32. The van der Waals surface area contributed by atoms with Gasteiger partial charge in [-0.15, -0.1) is 0 Å². The summed E-state index contributed by atoms with van der Waals surface area (Å²) in [7, 11) is -3.50. The van der Waals surface area contributed by atoms with E-state index in [9.17, 15) is 8.42 Å². The van der Waals surface area contributed by atoms with Gasteiger partial charge in [-0.2, -0.15) is 4.31 Å². The van der Waals surface area contributed by atoms with Crippen molar-refractivity contribution in [1.29, 1.82) is 0 Å². The predicted octanol–water partition coefficient (Wildman–Crippen LogP) is 4.58. The third kappa shape index (κ3) is 3.67. The number of ether oxygens (including phenoxy) is 1. The van der Waals surface area contributed by atoms with E-state index in [1.165, 1.54) is 0 Å². The van der Waals surface area contributed by atoms with Gasteiger partial charge < -0.3 is 4.74 Å². The highest BCUT2D eigenvalue weighted by atomic mass is 32.2. The molecule has 2 aromatic rings. The lowest BCUT2D eigenvalue weighted by Crippen LogP contribution is -2.41. The number of rotatable bonds is 6. The molecule has 0 amide bonds. The van der Waals surface area contributed by atoms with Crippen molar-refractivity contribution in [2.45, 2.75) is 56.9 Å². The molecule has 0 aliphatic carbocycles. The second-order valence-electron chi connectivity index (χ2n) is 6.77. The van der Waals surface area contributed by atoms with Gasteiger partial charge in [-0.05, 0) is 38.3 Å². The predicted molar refractivity (Wildman–Crippen MR) is 102 cm³/mol. The Balaban J connectivity index is 2.03. The summed E-state index contributed by atoms with van der Waals surface area (Å²) in [5, 5.41) is 1.61. The Morgan fingerprint density at radius 3 is 2.60 bits per heavy atom. The summed E-state index contributed by atoms with van der Waals surface area (Å²) in [6.07, 6.45) is 5.00. The van der Waals surface area contributed by atoms with Crippen LogP contribution in [0.5, 0.6) is 5.75 Å². The van der Waals surface area contributed by atoms with Crippen LogP contribution in [0.2, 0.25) is 0 Å². The smallest absolute Gasteiger partial charge is 0.243 e. The molecule has 0 radical (unpaired) electrons. The van der Waals surface area contributed by atoms with Crippen LogP contribution in [0, 0.1) is 0 Å². The summed E-state index contributed by atoms with van der Waals surface area (Å²) in [4.78, 5) is 0.389. The van der Waals surface area contributed by atoms with Gasteiger partial charge in [0.05, 0.1) is 11.5 Å². The minimum atomic E-state index is -3.50. The number of benzene rings is 2. The minimum Gasteiger partial charge on any atom is -0.493 e. The van der Waals surface area contributed by atoms with Crippen LogP contribution < -0.4 is 4.74 Å². The molecule has 3 rings (SSSR count). The van der Waals surface area contributed by atoms with E-state index in [4.69, 9.17) is 4.74 Å². The van der Waals surface area contributed by atoms with E-state index >= 15 is 0 Å². The first-order valence-corrected chi connectivity index (χ1v) is 10.7. The summed E-state index contributed by atoms with van der Waals surface area (Å²) in [5.74, 6) is 0.759. The molecular formula is C20H27NO3S. The summed E-state index contributed by atoms with van der Waals surface area (Å²) in [6, 6.07) is 11.2. The van der Waals surface area contributed by atoms with Gasteiger partial charge in [0.2, 0.25) is 10.0 Å². The summed E-state index contributed by atoms with van der Waals surface area (Å²) in [6.45, 7) is 5.38. The number of hydrogen-bond acceptors (Lipinski definition) is 3. The number of nitrogens with zero attached hydrogens (tertiary/aromatic N) is 1. The largest absolute Gasteiger partial charge is 0.493 e. The molecule has 1 fully saturated rings. The Morgan fingerprint density at radius 2 is 1.88 bits per heavy atom. The summed E-state index contributed by atoms with van der Waals surface area (Å²) in [5.41, 5.74) is 0. The molecule has 1 aliphatic rings. The van der Waals surface area contributed by atoms with E-state index in [0.717, 1.165) is 48.6 Å². The number of unbranched alkanes of at least 4 members (excludes halogenated alkanes) is 1. The van der Waals surface area contributed by atoms with Gasteiger partial charge in [0, 0.05) is 23.4 Å². The highest BCUT2D eigenvalue weighted by Gasteiger charge is 2.32. The maximum Gasteiger partial charge on any atom is 0.243 e. The third-order valence-corrected chi connectivity index (χ3v) is 7.00. The fraction of sp³-hybridized carbons (Fsp3) is 0.500. The number of hydrogen-bond donors (Lipinski definition) is 0. The van der Waals surface area contributed by atoms with Crippen molar-refractivity contribution in [3.63, 3.8) is 0 Å². The van der Waals surface area contributed by atoms with E-state index in [1.54, 1.807) is 16.4 Å². The lowest BCUT2D eigenvalue weighted by atomic mass is 10.1. The molecule has 0 aromatic heterocycles. The van der Waals surface area contributed by atoms with Crippen molar-refractivity contribution < 1.29 is 13.2 Å². The second-order valence-corrected chi connectivity index (χ2v) is 8.63. The van der Waals surface area contributed by atoms with Crippen molar-refractivity contribution in [2.75, 3.05) is 13.2 Å². The fourth-order valence-electron chi connectivity index (χ4n) is 3.48. The van der Waals surface area contributed by atoms with Gasteiger partial charge in [-0.25, -0.2) is 8.42 Å². The topological polar surface area (TPSA) is 46.6 Å². The van der Waals surface area contributed by atoms with Gasteiger partial charge in [-0.1, -0.05) is 44.0 Å². The molecule has 1 aliphatic heterocycles. The highest BCUT2D eigenvalue weighted by molar-refractivity contribution is 7.89. The Kier molecular flexibility index (Phi) is 5.64. The van der Waals surface area contributed by atoms with Crippen LogP contribution in [0.15, 0.2) is 41.3 Å². The third-order valence-electron chi connectivity index (χ3n) is 4.93. The SMILES string of the molecule is CCCCOc1ccc(S(=O)(=O)N2CCCCC2C)c2ccccc12. The zero-order valence-electron chi connectivity index (χ0n) is 15.1. The Morgan fingerprint density at radius 1 is 1.12 bits per heavy atom. The summed E-state index contributed by atoms with van der Waals surface area (Å²) >= 11 is 0. The molecule has 0 spiro atoms. The maximum absolute atomic E-state index is 13.3. The first-order chi connectivity index (χ1) is 12.1. The molecule has 136 valence electrons. The molecule has 1 heterocycles. The van der Waals surface area contributed by atoms with E-state index < -0.39 is 10.0 Å². The minimum absolute atomic E-state index is 0.0537. The fourth-order valence-corrected chi connectivity index (χ4v) is 5.37. The monoisotopic (exact) mass is 361 g/mol. The molecule has 1 unspecified atom stereocenters. The van der Waals surface area contributed by atoms with Gasteiger partial charge in [-0.3, -0.25) is 0 Å². The highest BCUT2D eigenvalue weighted by Crippen LogP contribution is 2.34. The average molecular weight is 362 g/mol. The number of piperidine rings is 1. The normalized spacial score (nSPS) is 19.2. The van der Waals surface area contributed by atoms with Crippen molar-refractivity contribution in [2.24, 2.45) is 0 Å². The van der Waals surface area contributed by atoms with Crippen LogP contribution in [-0.4, -0.2) is 31.9 Å². The molecule has 5 heteroatoms. The van der Waals surface area contributed by atoms with Gasteiger partial charge in [0.1, 0.15) is 5.75 Å². The number of sulfonamides is 1. The van der Waals surface area contributed by atoms with Crippen molar-refractivity contribution in [1.82, 2.24) is 4.31 Å². The standard InChI is InChI=1S/C20H27NO3S/c1-3-4-15-24-19-12-13-20(18-11-6-5-10-17(18)19)25(22,23)21-14-8-7-9-16(21)2/h5-6,10-13,16H,3-4,7-9,14-15H2,1-2H3. The first-order valence-electron chi connectivity index (χ1n) is 9.22.